The van der Waals surface area contributed by atoms with Crippen LogP contribution in [0.15, 0.2) is 36.4 Å². The van der Waals surface area contributed by atoms with Crippen molar-refractivity contribution in [2.24, 2.45) is 0 Å². The van der Waals surface area contributed by atoms with E-state index in [4.69, 9.17) is 4.74 Å². The van der Waals surface area contributed by atoms with E-state index in [1.165, 1.54) is 0 Å². The summed E-state index contributed by atoms with van der Waals surface area (Å²) in [5.41, 5.74) is 3.87. The summed E-state index contributed by atoms with van der Waals surface area (Å²) < 4.78 is 5.90. The molecule has 0 aliphatic carbocycles. The Hall–Kier alpha value is -2.09. The lowest BCUT2D eigenvalue weighted by Crippen LogP contribution is -1.92. The molecule has 2 heteroatoms. The fourth-order valence-corrected chi connectivity index (χ4v) is 1.74. The van der Waals surface area contributed by atoms with Crippen molar-refractivity contribution in [3.63, 3.8) is 0 Å². The van der Waals surface area contributed by atoms with E-state index in [9.17, 15) is 4.79 Å². The van der Waals surface area contributed by atoms with Crippen molar-refractivity contribution in [3.05, 3.63) is 58.7 Å². The summed E-state index contributed by atoms with van der Waals surface area (Å²) in [7, 11) is 0. The van der Waals surface area contributed by atoms with Crippen LogP contribution in [0, 0.1) is 20.8 Å². The number of carbonyl (C=O) groups is 1. The number of hydrogen-bond donors (Lipinski definition) is 0. The van der Waals surface area contributed by atoms with Crippen molar-refractivity contribution in [2.45, 2.75) is 20.8 Å². The van der Waals surface area contributed by atoms with Crippen LogP contribution >= 0.6 is 0 Å². The lowest BCUT2D eigenvalue weighted by atomic mass is 10.1. The molecule has 92 valence electrons. The standard InChI is InChI=1S/C16H16O2/c1-11-4-5-12(2)15(8-11)18-16-9-14(10-17)7-6-13(16)3/h4-10H,1-3H3. The Kier molecular flexibility index (Phi) is 3.47. The van der Waals surface area contributed by atoms with Gasteiger partial charge in [0.05, 0.1) is 0 Å². The van der Waals surface area contributed by atoms with Crippen molar-refractivity contribution < 1.29 is 9.53 Å². The third-order valence-corrected chi connectivity index (χ3v) is 2.91. The first-order valence-electron chi connectivity index (χ1n) is 5.91. The Morgan fingerprint density at radius 3 is 2.17 bits per heavy atom. The number of benzene rings is 2. The van der Waals surface area contributed by atoms with Crippen molar-refractivity contribution >= 4 is 6.29 Å². The number of aryl methyl sites for hydroxylation is 3. The van der Waals surface area contributed by atoms with Crippen LogP contribution in [0.3, 0.4) is 0 Å². The topological polar surface area (TPSA) is 26.3 Å². The largest absolute Gasteiger partial charge is 0.457 e. The third kappa shape index (κ3) is 2.59. The van der Waals surface area contributed by atoms with Crippen molar-refractivity contribution in [2.75, 3.05) is 0 Å². The molecule has 0 saturated carbocycles. The molecule has 0 unspecified atom stereocenters. The molecule has 0 atom stereocenters. The quantitative estimate of drug-likeness (QED) is 0.751. The zero-order valence-electron chi connectivity index (χ0n) is 10.9. The summed E-state index contributed by atoms with van der Waals surface area (Å²) in [6, 6.07) is 11.5. The van der Waals surface area contributed by atoms with E-state index in [1.807, 2.05) is 39.0 Å². The molecule has 2 rings (SSSR count). The minimum atomic E-state index is 0.626. The molecule has 0 amide bonds. The molecule has 2 aromatic carbocycles. The smallest absolute Gasteiger partial charge is 0.150 e. The Morgan fingerprint density at radius 2 is 1.50 bits per heavy atom. The molecular formula is C16H16O2. The molecule has 0 fully saturated rings. The fraction of sp³-hybridized carbons (Fsp3) is 0.188. The minimum absolute atomic E-state index is 0.626. The average molecular weight is 240 g/mol. The van der Waals surface area contributed by atoms with Crippen molar-refractivity contribution in [1.82, 2.24) is 0 Å². The van der Waals surface area contributed by atoms with Gasteiger partial charge >= 0.3 is 0 Å². The summed E-state index contributed by atoms with van der Waals surface area (Å²) in [5.74, 6) is 1.56. The van der Waals surface area contributed by atoms with E-state index in [0.717, 1.165) is 34.5 Å². The Morgan fingerprint density at radius 1 is 0.889 bits per heavy atom. The maximum atomic E-state index is 10.8. The van der Waals surface area contributed by atoms with Gasteiger partial charge in [-0.25, -0.2) is 0 Å². The third-order valence-electron chi connectivity index (χ3n) is 2.91. The molecule has 0 N–H and O–H groups in total. The van der Waals surface area contributed by atoms with Crippen LogP contribution in [0.5, 0.6) is 11.5 Å². The number of aldehydes is 1. The Balaban J connectivity index is 2.38. The first kappa shape index (κ1) is 12.4. The highest BCUT2D eigenvalue weighted by Gasteiger charge is 2.05. The lowest BCUT2D eigenvalue weighted by Gasteiger charge is -2.12. The molecule has 2 aromatic rings. The van der Waals surface area contributed by atoms with Gasteiger partial charge in [0.1, 0.15) is 17.8 Å². The summed E-state index contributed by atoms with van der Waals surface area (Å²) in [6.07, 6.45) is 0.829. The van der Waals surface area contributed by atoms with E-state index in [-0.39, 0.29) is 0 Å². The zero-order chi connectivity index (χ0) is 13.1. The van der Waals surface area contributed by atoms with Crippen molar-refractivity contribution in [3.8, 4) is 11.5 Å². The van der Waals surface area contributed by atoms with E-state index < -0.39 is 0 Å². The van der Waals surface area contributed by atoms with Crippen LogP contribution in [0.1, 0.15) is 27.0 Å². The summed E-state index contributed by atoms with van der Waals surface area (Å²) in [4.78, 5) is 10.8. The second-order valence-electron chi connectivity index (χ2n) is 4.51. The summed E-state index contributed by atoms with van der Waals surface area (Å²) in [6.45, 7) is 6.00. The number of rotatable bonds is 3. The summed E-state index contributed by atoms with van der Waals surface area (Å²) >= 11 is 0. The average Bonchev–Trinajstić information content (AvgIpc) is 2.36. The zero-order valence-corrected chi connectivity index (χ0v) is 10.9. The van der Waals surface area contributed by atoms with Gasteiger partial charge in [0.25, 0.3) is 0 Å². The van der Waals surface area contributed by atoms with Gasteiger partial charge in [0.15, 0.2) is 0 Å². The van der Waals surface area contributed by atoms with Crippen LogP contribution in [-0.2, 0) is 0 Å². The second kappa shape index (κ2) is 5.05. The van der Waals surface area contributed by atoms with Crippen molar-refractivity contribution in [1.29, 1.82) is 0 Å². The maximum absolute atomic E-state index is 10.8. The van der Waals surface area contributed by atoms with Crippen LogP contribution in [0.2, 0.25) is 0 Å². The second-order valence-corrected chi connectivity index (χ2v) is 4.51. The summed E-state index contributed by atoms with van der Waals surface area (Å²) in [5, 5.41) is 0. The van der Waals surface area contributed by atoms with Gasteiger partial charge in [-0.05, 0) is 49.6 Å². The first-order chi connectivity index (χ1) is 8.60. The molecule has 0 spiro atoms. The normalized spacial score (nSPS) is 10.2. The highest BCUT2D eigenvalue weighted by Crippen LogP contribution is 2.28. The molecule has 0 aromatic heterocycles. The molecule has 0 bridgehead atoms. The number of carbonyl (C=O) groups excluding carboxylic acids is 1. The highest BCUT2D eigenvalue weighted by atomic mass is 16.5. The SMILES string of the molecule is Cc1ccc(C)c(Oc2cc(C=O)ccc2C)c1. The Labute approximate surface area is 107 Å². The number of hydrogen-bond acceptors (Lipinski definition) is 2. The molecule has 2 nitrogen and oxygen atoms in total. The van der Waals surface area contributed by atoms with Gasteiger partial charge in [-0.3, -0.25) is 4.79 Å². The molecular weight excluding hydrogens is 224 g/mol. The van der Waals surface area contributed by atoms with Gasteiger partial charge in [-0.1, -0.05) is 24.3 Å². The molecule has 0 saturated heterocycles. The van der Waals surface area contributed by atoms with Gasteiger partial charge in [-0.2, -0.15) is 0 Å². The Bertz CT molecular complexity index is 586. The van der Waals surface area contributed by atoms with Gasteiger partial charge in [-0.15, -0.1) is 0 Å². The monoisotopic (exact) mass is 240 g/mol. The van der Waals surface area contributed by atoms with E-state index in [1.54, 1.807) is 12.1 Å². The maximum Gasteiger partial charge on any atom is 0.150 e. The van der Waals surface area contributed by atoms with E-state index in [2.05, 4.69) is 6.07 Å². The molecule has 0 aliphatic rings. The molecule has 18 heavy (non-hydrogen) atoms. The fourth-order valence-electron chi connectivity index (χ4n) is 1.74. The van der Waals surface area contributed by atoms with Gasteiger partial charge in [0, 0.05) is 5.56 Å². The molecule has 0 radical (unpaired) electrons. The predicted molar refractivity (Wildman–Crippen MR) is 72.6 cm³/mol. The van der Waals surface area contributed by atoms with Crippen LogP contribution in [0.4, 0.5) is 0 Å². The lowest BCUT2D eigenvalue weighted by molar-refractivity contribution is 0.112. The highest BCUT2D eigenvalue weighted by molar-refractivity contribution is 5.76. The first-order valence-corrected chi connectivity index (χ1v) is 5.91. The van der Waals surface area contributed by atoms with Crippen LogP contribution < -0.4 is 4.74 Å². The van der Waals surface area contributed by atoms with Crippen LogP contribution in [0.25, 0.3) is 0 Å². The molecule has 0 aliphatic heterocycles. The molecule has 0 heterocycles. The van der Waals surface area contributed by atoms with Gasteiger partial charge < -0.3 is 4.74 Å². The van der Waals surface area contributed by atoms with E-state index in [0.29, 0.717) is 5.56 Å². The number of ether oxygens (including phenoxy) is 1. The van der Waals surface area contributed by atoms with Gasteiger partial charge in [0.2, 0.25) is 0 Å². The predicted octanol–water partition coefficient (Wildman–Crippen LogP) is 4.22. The van der Waals surface area contributed by atoms with Crippen LogP contribution in [-0.4, -0.2) is 6.29 Å². The minimum Gasteiger partial charge on any atom is -0.457 e. The van der Waals surface area contributed by atoms with E-state index >= 15 is 0 Å².